The van der Waals surface area contributed by atoms with Crippen LogP contribution in [0.15, 0.2) is 29.6 Å². The third-order valence-electron chi connectivity index (χ3n) is 3.25. The molecular weight excluding hydrogens is 304 g/mol. The summed E-state index contributed by atoms with van der Waals surface area (Å²) in [5.41, 5.74) is 3.32. The SMILES string of the molecule is CCCN(CCO)Cc1ccc(-c2nc(CCl)cs2)cc1. The van der Waals surface area contributed by atoms with Crippen LogP contribution in [0.4, 0.5) is 0 Å². The van der Waals surface area contributed by atoms with E-state index in [0.717, 1.165) is 42.3 Å². The van der Waals surface area contributed by atoms with Crippen LogP contribution in [0.1, 0.15) is 24.6 Å². The Balaban J connectivity index is 2.03. The number of aliphatic hydroxyl groups excluding tert-OH is 1. The van der Waals surface area contributed by atoms with Gasteiger partial charge in [-0.25, -0.2) is 4.98 Å². The predicted molar refractivity (Wildman–Crippen MR) is 89.8 cm³/mol. The minimum Gasteiger partial charge on any atom is -0.395 e. The summed E-state index contributed by atoms with van der Waals surface area (Å²) < 4.78 is 0. The van der Waals surface area contributed by atoms with Gasteiger partial charge < -0.3 is 5.11 Å². The van der Waals surface area contributed by atoms with Crippen LogP contribution >= 0.6 is 22.9 Å². The van der Waals surface area contributed by atoms with Crippen molar-refractivity contribution in [1.29, 1.82) is 0 Å². The molecule has 0 radical (unpaired) electrons. The van der Waals surface area contributed by atoms with Gasteiger partial charge in [-0.05, 0) is 18.5 Å². The summed E-state index contributed by atoms with van der Waals surface area (Å²) in [7, 11) is 0. The van der Waals surface area contributed by atoms with Crippen LogP contribution in [-0.4, -0.2) is 34.7 Å². The number of thiazole rings is 1. The van der Waals surface area contributed by atoms with E-state index in [2.05, 4.69) is 41.1 Å². The molecule has 1 aromatic carbocycles. The lowest BCUT2D eigenvalue weighted by Crippen LogP contribution is -2.27. The molecule has 114 valence electrons. The summed E-state index contributed by atoms with van der Waals surface area (Å²) >= 11 is 7.41. The van der Waals surface area contributed by atoms with Gasteiger partial charge in [-0.15, -0.1) is 22.9 Å². The monoisotopic (exact) mass is 324 g/mol. The van der Waals surface area contributed by atoms with Crippen molar-refractivity contribution in [3.63, 3.8) is 0 Å². The van der Waals surface area contributed by atoms with Crippen LogP contribution in [0.2, 0.25) is 0 Å². The number of hydrogen-bond donors (Lipinski definition) is 1. The molecule has 1 aromatic heterocycles. The fraction of sp³-hybridized carbons (Fsp3) is 0.438. The Labute approximate surface area is 135 Å². The highest BCUT2D eigenvalue weighted by Gasteiger charge is 2.07. The molecular formula is C16H21ClN2OS. The molecule has 2 rings (SSSR count). The second-order valence-corrected chi connectivity index (χ2v) is 6.10. The summed E-state index contributed by atoms with van der Waals surface area (Å²) in [5.74, 6) is 0.460. The predicted octanol–water partition coefficient (Wildman–Crippen LogP) is 3.75. The van der Waals surface area contributed by atoms with E-state index in [9.17, 15) is 0 Å². The maximum absolute atomic E-state index is 9.10. The van der Waals surface area contributed by atoms with Gasteiger partial charge in [0.25, 0.3) is 0 Å². The minimum absolute atomic E-state index is 0.207. The van der Waals surface area contributed by atoms with E-state index in [1.807, 2.05) is 5.38 Å². The highest BCUT2D eigenvalue weighted by molar-refractivity contribution is 7.13. The van der Waals surface area contributed by atoms with E-state index in [0.29, 0.717) is 5.88 Å². The van der Waals surface area contributed by atoms with Gasteiger partial charge >= 0.3 is 0 Å². The Morgan fingerprint density at radius 1 is 1.24 bits per heavy atom. The number of hydrogen-bond acceptors (Lipinski definition) is 4. The summed E-state index contributed by atoms with van der Waals surface area (Å²) in [4.78, 5) is 6.76. The lowest BCUT2D eigenvalue weighted by molar-refractivity contribution is 0.190. The Morgan fingerprint density at radius 3 is 2.57 bits per heavy atom. The number of alkyl halides is 1. The molecule has 0 fully saturated rings. The maximum atomic E-state index is 9.10. The molecule has 0 aliphatic carbocycles. The van der Waals surface area contributed by atoms with E-state index in [1.54, 1.807) is 11.3 Å². The van der Waals surface area contributed by atoms with Gasteiger partial charge in [0.15, 0.2) is 0 Å². The molecule has 1 heterocycles. The maximum Gasteiger partial charge on any atom is 0.123 e. The van der Waals surface area contributed by atoms with Crippen molar-refractivity contribution in [2.45, 2.75) is 25.8 Å². The Morgan fingerprint density at radius 2 is 2.00 bits per heavy atom. The summed E-state index contributed by atoms with van der Waals surface area (Å²) in [6.07, 6.45) is 1.10. The van der Waals surface area contributed by atoms with Crippen molar-refractivity contribution in [3.8, 4) is 10.6 Å². The Kier molecular flexibility index (Phi) is 6.64. The van der Waals surface area contributed by atoms with E-state index in [1.165, 1.54) is 5.56 Å². The number of nitrogens with zero attached hydrogens (tertiary/aromatic N) is 2. The largest absolute Gasteiger partial charge is 0.395 e. The molecule has 3 nitrogen and oxygen atoms in total. The smallest absolute Gasteiger partial charge is 0.123 e. The van der Waals surface area contributed by atoms with Crippen molar-refractivity contribution >= 4 is 22.9 Å². The topological polar surface area (TPSA) is 36.4 Å². The van der Waals surface area contributed by atoms with Gasteiger partial charge in [-0.1, -0.05) is 31.2 Å². The standard InChI is InChI=1S/C16H21ClN2OS/c1-2-7-19(8-9-20)11-13-3-5-14(6-4-13)16-18-15(10-17)12-21-16/h3-6,12,20H,2,7-11H2,1H3. The molecule has 21 heavy (non-hydrogen) atoms. The molecule has 0 aliphatic heterocycles. The van der Waals surface area contributed by atoms with Crippen LogP contribution in [0.25, 0.3) is 10.6 Å². The zero-order chi connectivity index (χ0) is 15.1. The van der Waals surface area contributed by atoms with Crippen molar-refractivity contribution in [2.75, 3.05) is 19.7 Å². The van der Waals surface area contributed by atoms with Crippen LogP contribution in [0.3, 0.4) is 0 Å². The summed E-state index contributed by atoms with van der Waals surface area (Å²) in [6, 6.07) is 8.48. The summed E-state index contributed by atoms with van der Waals surface area (Å²) in [6.45, 7) is 4.97. The molecule has 0 saturated carbocycles. The number of aliphatic hydroxyl groups is 1. The second kappa shape index (κ2) is 8.49. The average Bonchev–Trinajstić information content (AvgIpc) is 2.97. The molecule has 1 N–H and O–H groups in total. The van der Waals surface area contributed by atoms with Crippen LogP contribution < -0.4 is 0 Å². The molecule has 0 unspecified atom stereocenters. The van der Waals surface area contributed by atoms with Gasteiger partial charge in [0.1, 0.15) is 5.01 Å². The first-order valence-electron chi connectivity index (χ1n) is 7.19. The highest BCUT2D eigenvalue weighted by atomic mass is 35.5. The third kappa shape index (κ3) is 4.78. The number of aromatic nitrogens is 1. The fourth-order valence-corrected chi connectivity index (χ4v) is 3.29. The van der Waals surface area contributed by atoms with E-state index < -0.39 is 0 Å². The molecule has 0 bridgehead atoms. The molecule has 2 aromatic rings. The lowest BCUT2D eigenvalue weighted by Gasteiger charge is -2.20. The van der Waals surface area contributed by atoms with Crippen LogP contribution in [0.5, 0.6) is 0 Å². The highest BCUT2D eigenvalue weighted by Crippen LogP contribution is 2.24. The third-order valence-corrected chi connectivity index (χ3v) is 4.47. The first-order valence-corrected chi connectivity index (χ1v) is 8.61. The Bertz CT molecular complexity index is 535. The van der Waals surface area contributed by atoms with Crippen LogP contribution in [0, 0.1) is 0 Å². The first kappa shape index (κ1) is 16.4. The van der Waals surface area contributed by atoms with Crippen molar-refractivity contribution in [1.82, 2.24) is 9.88 Å². The Hall–Kier alpha value is -0.940. The van der Waals surface area contributed by atoms with Crippen LogP contribution in [-0.2, 0) is 12.4 Å². The van der Waals surface area contributed by atoms with E-state index in [-0.39, 0.29) is 6.61 Å². The quantitative estimate of drug-likeness (QED) is 0.751. The molecule has 0 amide bonds. The average molecular weight is 325 g/mol. The molecule has 0 atom stereocenters. The van der Waals surface area contributed by atoms with E-state index >= 15 is 0 Å². The van der Waals surface area contributed by atoms with Gasteiger partial charge in [0, 0.05) is 24.0 Å². The van der Waals surface area contributed by atoms with Crippen molar-refractivity contribution in [2.24, 2.45) is 0 Å². The molecule has 5 heteroatoms. The second-order valence-electron chi connectivity index (χ2n) is 4.97. The lowest BCUT2D eigenvalue weighted by atomic mass is 10.1. The van der Waals surface area contributed by atoms with Gasteiger partial charge in [-0.3, -0.25) is 4.90 Å². The van der Waals surface area contributed by atoms with Crippen molar-refractivity contribution in [3.05, 3.63) is 40.9 Å². The normalized spacial score (nSPS) is 11.2. The van der Waals surface area contributed by atoms with E-state index in [4.69, 9.17) is 16.7 Å². The van der Waals surface area contributed by atoms with Gasteiger partial charge in [-0.2, -0.15) is 0 Å². The number of halogens is 1. The fourth-order valence-electron chi connectivity index (χ4n) is 2.24. The minimum atomic E-state index is 0.207. The van der Waals surface area contributed by atoms with Gasteiger partial charge in [0.2, 0.25) is 0 Å². The molecule has 0 saturated heterocycles. The summed E-state index contributed by atoms with van der Waals surface area (Å²) in [5, 5.41) is 12.1. The first-order chi connectivity index (χ1) is 10.3. The number of benzene rings is 1. The van der Waals surface area contributed by atoms with Gasteiger partial charge in [0.05, 0.1) is 18.2 Å². The van der Waals surface area contributed by atoms with Crippen molar-refractivity contribution < 1.29 is 5.11 Å². The zero-order valence-corrected chi connectivity index (χ0v) is 13.8. The molecule has 0 aliphatic rings. The number of rotatable bonds is 8. The zero-order valence-electron chi connectivity index (χ0n) is 12.3. The molecule has 0 spiro atoms.